The van der Waals surface area contributed by atoms with Gasteiger partial charge in [0.2, 0.25) is 0 Å². The molecule has 2 rings (SSSR count). The quantitative estimate of drug-likeness (QED) is 0.839. The zero-order valence-corrected chi connectivity index (χ0v) is 12.0. The number of rotatable bonds is 5. The van der Waals surface area contributed by atoms with Crippen LogP contribution in [-0.2, 0) is 11.3 Å². The maximum absolute atomic E-state index is 11.4. The number of benzene rings is 1. The molecule has 0 saturated carbocycles. The van der Waals surface area contributed by atoms with E-state index >= 15 is 0 Å². The molecule has 0 bridgehead atoms. The highest BCUT2D eigenvalue weighted by molar-refractivity contribution is 5.68. The fraction of sp³-hybridized carbons (Fsp3) is 0.438. The number of amides is 1. The van der Waals surface area contributed by atoms with Crippen LogP contribution in [-0.4, -0.2) is 30.6 Å². The van der Waals surface area contributed by atoms with E-state index in [1.165, 1.54) is 5.56 Å². The van der Waals surface area contributed by atoms with Gasteiger partial charge >= 0.3 is 6.09 Å². The van der Waals surface area contributed by atoms with Gasteiger partial charge in [0, 0.05) is 19.6 Å². The van der Waals surface area contributed by atoms with E-state index < -0.39 is 6.09 Å². The van der Waals surface area contributed by atoms with Crippen molar-refractivity contribution in [3.8, 4) is 0 Å². The highest BCUT2D eigenvalue weighted by Gasteiger charge is 2.22. The highest BCUT2D eigenvalue weighted by atomic mass is 16.6. The van der Waals surface area contributed by atoms with Crippen molar-refractivity contribution in [2.45, 2.75) is 19.9 Å². The van der Waals surface area contributed by atoms with Gasteiger partial charge in [-0.25, -0.2) is 4.79 Å². The normalized spacial score (nSPS) is 18.8. The summed E-state index contributed by atoms with van der Waals surface area (Å²) < 4.78 is 4.87. The monoisotopic (exact) mass is 274 g/mol. The lowest BCUT2D eigenvalue weighted by molar-refractivity contribution is 0.174. The number of nitrogens with zero attached hydrogens (tertiary/aromatic N) is 1. The minimum absolute atomic E-state index is 0.404. The molecule has 0 aliphatic carbocycles. The number of carbonyl (C=O) groups excluding carboxylic acids is 1. The fourth-order valence-corrected chi connectivity index (χ4v) is 2.49. The minimum atomic E-state index is -0.404. The van der Waals surface area contributed by atoms with Crippen LogP contribution in [0.25, 0.3) is 0 Å². The first kappa shape index (κ1) is 14.6. The smallest absolute Gasteiger partial charge is 0.412 e. The van der Waals surface area contributed by atoms with Crippen LogP contribution >= 0.6 is 0 Å². The molecule has 0 spiro atoms. The largest absolute Gasteiger partial charge is 0.416 e. The predicted molar refractivity (Wildman–Crippen MR) is 79.1 cm³/mol. The van der Waals surface area contributed by atoms with Gasteiger partial charge < -0.3 is 10.1 Å². The minimum Gasteiger partial charge on any atom is -0.416 e. The summed E-state index contributed by atoms with van der Waals surface area (Å²) >= 11 is 0. The Bertz CT molecular complexity index is 459. The van der Waals surface area contributed by atoms with Gasteiger partial charge in [-0.2, -0.15) is 0 Å². The third-order valence-corrected chi connectivity index (χ3v) is 3.42. The third-order valence-electron chi connectivity index (χ3n) is 3.42. The van der Waals surface area contributed by atoms with E-state index in [4.69, 9.17) is 4.74 Å². The molecule has 1 fully saturated rings. The summed E-state index contributed by atoms with van der Waals surface area (Å²) in [6, 6.07) is 10.5. The second-order valence-corrected chi connectivity index (χ2v) is 5.35. The van der Waals surface area contributed by atoms with Crippen LogP contribution in [0.15, 0.2) is 42.7 Å². The lowest BCUT2D eigenvalue weighted by Crippen LogP contribution is -2.31. The number of likely N-dealkylation sites (tertiary alicyclic amines) is 1. The molecule has 1 heterocycles. The second kappa shape index (κ2) is 7.10. The van der Waals surface area contributed by atoms with Crippen LogP contribution < -0.4 is 5.32 Å². The molecule has 0 aromatic heterocycles. The lowest BCUT2D eigenvalue weighted by Gasteiger charge is -2.16. The molecule has 1 amide bonds. The molecule has 1 aromatic rings. The van der Waals surface area contributed by atoms with Crippen LogP contribution in [0.2, 0.25) is 0 Å². The Morgan fingerprint density at radius 2 is 2.20 bits per heavy atom. The Kier molecular flexibility index (Phi) is 5.18. The van der Waals surface area contributed by atoms with Gasteiger partial charge in [0.1, 0.15) is 0 Å². The van der Waals surface area contributed by atoms with Crippen LogP contribution in [0, 0.1) is 5.92 Å². The topological polar surface area (TPSA) is 41.6 Å². The van der Waals surface area contributed by atoms with Crippen molar-refractivity contribution in [2.24, 2.45) is 5.92 Å². The van der Waals surface area contributed by atoms with E-state index in [1.807, 2.05) is 6.07 Å². The van der Waals surface area contributed by atoms with Crippen molar-refractivity contribution in [3.63, 3.8) is 0 Å². The van der Waals surface area contributed by atoms with Crippen molar-refractivity contribution < 1.29 is 9.53 Å². The van der Waals surface area contributed by atoms with Gasteiger partial charge in [-0.3, -0.25) is 4.90 Å². The Morgan fingerprint density at radius 3 is 2.90 bits per heavy atom. The standard InChI is InChI=1S/C16H22N2O2/c1-13(2)20-16(19)17-10-15-8-9-18(12-15)11-14-6-4-3-5-7-14/h3-7,15H,1,8-12H2,2H3,(H,17,19). The maximum Gasteiger partial charge on any atom is 0.412 e. The van der Waals surface area contributed by atoms with E-state index in [0.29, 0.717) is 18.2 Å². The Labute approximate surface area is 120 Å². The van der Waals surface area contributed by atoms with Crippen molar-refractivity contribution in [2.75, 3.05) is 19.6 Å². The molecule has 1 saturated heterocycles. The average molecular weight is 274 g/mol. The first-order chi connectivity index (χ1) is 9.63. The van der Waals surface area contributed by atoms with Gasteiger partial charge in [-0.15, -0.1) is 0 Å². The van der Waals surface area contributed by atoms with Crippen molar-refractivity contribution in [1.82, 2.24) is 10.2 Å². The van der Waals surface area contributed by atoms with Crippen LogP contribution in [0.1, 0.15) is 18.9 Å². The SMILES string of the molecule is C=C(C)OC(=O)NCC1CCN(Cc2ccccc2)C1. The number of hydrogen-bond acceptors (Lipinski definition) is 3. The Hall–Kier alpha value is -1.81. The van der Waals surface area contributed by atoms with Crippen molar-refractivity contribution in [3.05, 3.63) is 48.2 Å². The summed E-state index contributed by atoms with van der Waals surface area (Å²) in [6.45, 7) is 8.95. The molecular formula is C16H22N2O2. The van der Waals surface area contributed by atoms with Crippen LogP contribution in [0.5, 0.6) is 0 Å². The maximum atomic E-state index is 11.4. The van der Waals surface area contributed by atoms with Crippen molar-refractivity contribution in [1.29, 1.82) is 0 Å². The summed E-state index contributed by atoms with van der Waals surface area (Å²) in [4.78, 5) is 13.8. The zero-order chi connectivity index (χ0) is 14.4. The highest BCUT2D eigenvalue weighted by Crippen LogP contribution is 2.18. The van der Waals surface area contributed by atoms with Gasteiger partial charge in [0.15, 0.2) is 0 Å². The number of carbonyl (C=O) groups is 1. The first-order valence-electron chi connectivity index (χ1n) is 7.01. The van der Waals surface area contributed by atoms with E-state index in [1.54, 1.807) is 6.92 Å². The summed E-state index contributed by atoms with van der Waals surface area (Å²) in [6.07, 6.45) is 0.708. The number of nitrogens with one attached hydrogen (secondary N) is 1. The zero-order valence-electron chi connectivity index (χ0n) is 12.0. The average Bonchev–Trinajstić information content (AvgIpc) is 2.84. The van der Waals surface area contributed by atoms with Gasteiger partial charge in [0.25, 0.3) is 0 Å². The number of allylic oxidation sites excluding steroid dienone is 1. The number of ether oxygens (including phenoxy) is 1. The molecule has 1 aliphatic rings. The van der Waals surface area contributed by atoms with Gasteiger partial charge in [0.05, 0.1) is 5.76 Å². The number of hydrogen-bond donors (Lipinski definition) is 1. The Balaban J connectivity index is 1.70. The van der Waals surface area contributed by atoms with Crippen molar-refractivity contribution >= 4 is 6.09 Å². The predicted octanol–water partition coefficient (Wildman–Crippen LogP) is 2.77. The molecule has 1 N–H and O–H groups in total. The number of alkyl carbamates (subject to hydrolysis) is 1. The molecule has 4 heteroatoms. The molecule has 20 heavy (non-hydrogen) atoms. The van der Waals surface area contributed by atoms with Crippen LogP contribution in [0.4, 0.5) is 4.79 Å². The lowest BCUT2D eigenvalue weighted by atomic mass is 10.1. The van der Waals surface area contributed by atoms with E-state index in [9.17, 15) is 4.79 Å². The molecule has 4 nitrogen and oxygen atoms in total. The summed E-state index contributed by atoms with van der Waals surface area (Å²) in [5, 5.41) is 2.79. The van der Waals surface area contributed by atoms with E-state index in [2.05, 4.69) is 41.1 Å². The van der Waals surface area contributed by atoms with Crippen LogP contribution in [0.3, 0.4) is 0 Å². The first-order valence-corrected chi connectivity index (χ1v) is 7.01. The fourth-order valence-electron chi connectivity index (χ4n) is 2.49. The molecule has 1 aliphatic heterocycles. The summed E-state index contributed by atoms with van der Waals surface area (Å²) in [7, 11) is 0. The molecule has 1 aromatic carbocycles. The molecule has 1 unspecified atom stereocenters. The van der Waals surface area contributed by atoms with Gasteiger partial charge in [-0.05, 0) is 31.4 Å². The molecule has 1 atom stereocenters. The van der Waals surface area contributed by atoms with Gasteiger partial charge in [-0.1, -0.05) is 36.9 Å². The summed E-state index contributed by atoms with van der Waals surface area (Å²) in [5.74, 6) is 0.913. The second-order valence-electron chi connectivity index (χ2n) is 5.35. The molecule has 0 radical (unpaired) electrons. The summed E-state index contributed by atoms with van der Waals surface area (Å²) in [5.41, 5.74) is 1.34. The third kappa shape index (κ3) is 4.70. The Morgan fingerprint density at radius 1 is 1.45 bits per heavy atom. The van der Waals surface area contributed by atoms with E-state index in [0.717, 1.165) is 26.1 Å². The molecular weight excluding hydrogens is 252 g/mol. The molecule has 108 valence electrons. The van der Waals surface area contributed by atoms with E-state index in [-0.39, 0.29) is 0 Å².